The van der Waals surface area contributed by atoms with Crippen LogP contribution in [0.3, 0.4) is 0 Å². The van der Waals surface area contributed by atoms with Crippen molar-refractivity contribution in [1.82, 2.24) is 0 Å². The number of methoxy groups -OCH3 is 1. The van der Waals surface area contributed by atoms with Crippen LogP contribution in [0.25, 0.3) is 6.08 Å². The van der Waals surface area contributed by atoms with Crippen LogP contribution >= 0.6 is 0 Å². The van der Waals surface area contributed by atoms with Gasteiger partial charge in [-0.2, -0.15) is 8.42 Å². The summed E-state index contributed by atoms with van der Waals surface area (Å²) in [7, 11) is -3.15. The minimum atomic E-state index is -4.53. The lowest BCUT2D eigenvalue weighted by atomic mass is 10.2. The molecule has 0 heterocycles. The van der Waals surface area contributed by atoms with Gasteiger partial charge in [0.1, 0.15) is 0 Å². The van der Waals surface area contributed by atoms with Crippen LogP contribution < -0.4 is 8.92 Å². The van der Waals surface area contributed by atoms with Crippen LogP contribution in [0.1, 0.15) is 12.5 Å². The number of hydrogen-bond acceptors (Lipinski definition) is 4. The van der Waals surface area contributed by atoms with Crippen molar-refractivity contribution in [1.29, 1.82) is 0 Å². The van der Waals surface area contributed by atoms with Gasteiger partial charge in [-0.15, -0.1) is 0 Å². The molecule has 0 amide bonds. The van der Waals surface area contributed by atoms with E-state index in [1.54, 1.807) is 12.1 Å². The molecule has 1 rings (SSSR count). The molecule has 0 atom stereocenters. The summed E-state index contributed by atoms with van der Waals surface area (Å²) in [5.41, 5.74) is 0.835. The molecule has 0 aromatic heterocycles. The van der Waals surface area contributed by atoms with Crippen molar-refractivity contribution in [2.45, 2.75) is 6.92 Å². The van der Waals surface area contributed by atoms with E-state index in [9.17, 15) is 8.42 Å². The van der Waals surface area contributed by atoms with Crippen molar-refractivity contribution >= 4 is 16.5 Å². The molecule has 0 radical (unpaired) electrons. The third kappa shape index (κ3) is 3.56. The molecule has 0 aliphatic heterocycles. The van der Waals surface area contributed by atoms with Crippen LogP contribution in [0.4, 0.5) is 0 Å². The van der Waals surface area contributed by atoms with Gasteiger partial charge in [0.05, 0.1) is 7.11 Å². The first-order chi connectivity index (χ1) is 7.46. The van der Waals surface area contributed by atoms with E-state index in [0.29, 0.717) is 0 Å². The second kappa shape index (κ2) is 5.00. The summed E-state index contributed by atoms with van der Waals surface area (Å²) >= 11 is 0. The fourth-order valence-corrected chi connectivity index (χ4v) is 1.53. The van der Waals surface area contributed by atoms with Crippen molar-refractivity contribution in [2.75, 3.05) is 7.11 Å². The van der Waals surface area contributed by atoms with E-state index in [-0.39, 0.29) is 11.5 Å². The van der Waals surface area contributed by atoms with Gasteiger partial charge in [0.2, 0.25) is 0 Å². The molecule has 0 saturated carbocycles. The summed E-state index contributed by atoms with van der Waals surface area (Å²) in [5, 5.41) is 0. The number of benzene rings is 1. The molecule has 0 aliphatic rings. The molecule has 5 nitrogen and oxygen atoms in total. The summed E-state index contributed by atoms with van der Waals surface area (Å²) in [4.78, 5) is 0. The maximum Gasteiger partial charge on any atom is 0.446 e. The minimum Gasteiger partial charge on any atom is -0.493 e. The van der Waals surface area contributed by atoms with Gasteiger partial charge >= 0.3 is 10.4 Å². The summed E-state index contributed by atoms with van der Waals surface area (Å²) < 4.78 is 38.9. The lowest BCUT2D eigenvalue weighted by Gasteiger charge is -2.08. The van der Waals surface area contributed by atoms with Crippen LogP contribution in [0.2, 0.25) is 0 Å². The zero-order valence-corrected chi connectivity index (χ0v) is 9.69. The molecular weight excluding hydrogens is 232 g/mol. The quantitative estimate of drug-likeness (QED) is 0.819. The van der Waals surface area contributed by atoms with Crippen molar-refractivity contribution in [3.8, 4) is 11.5 Å². The van der Waals surface area contributed by atoms with Crippen molar-refractivity contribution in [3.05, 3.63) is 29.8 Å². The van der Waals surface area contributed by atoms with Gasteiger partial charge in [-0.3, -0.25) is 4.55 Å². The van der Waals surface area contributed by atoms with Gasteiger partial charge in [0.15, 0.2) is 11.5 Å². The molecule has 0 saturated heterocycles. The fraction of sp³-hybridized carbons (Fsp3) is 0.200. The predicted molar refractivity (Wildman–Crippen MR) is 59.9 cm³/mol. The summed E-state index contributed by atoms with van der Waals surface area (Å²) in [6.45, 7) is 1.86. The first-order valence-corrected chi connectivity index (χ1v) is 5.80. The maximum absolute atomic E-state index is 10.5. The van der Waals surface area contributed by atoms with Crippen LogP contribution in [0, 0.1) is 0 Å². The second-order valence-corrected chi connectivity index (χ2v) is 3.94. The van der Waals surface area contributed by atoms with E-state index in [4.69, 9.17) is 9.29 Å². The van der Waals surface area contributed by atoms with Crippen LogP contribution in [0.5, 0.6) is 11.5 Å². The minimum absolute atomic E-state index is 0.0572. The Morgan fingerprint density at radius 1 is 1.31 bits per heavy atom. The molecule has 0 aliphatic carbocycles. The highest BCUT2D eigenvalue weighted by Crippen LogP contribution is 2.29. The van der Waals surface area contributed by atoms with Crippen molar-refractivity contribution < 1.29 is 21.9 Å². The van der Waals surface area contributed by atoms with E-state index in [1.807, 2.05) is 19.1 Å². The average Bonchev–Trinajstić information content (AvgIpc) is 2.18. The molecular formula is C10H12O5S. The van der Waals surface area contributed by atoms with Gasteiger partial charge in [-0.1, -0.05) is 18.2 Å². The molecule has 0 bridgehead atoms. The molecule has 6 heteroatoms. The summed E-state index contributed by atoms with van der Waals surface area (Å²) in [6.07, 6.45) is 3.65. The zero-order chi connectivity index (χ0) is 12.2. The number of rotatable bonds is 4. The first-order valence-electron chi connectivity index (χ1n) is 4.44. The highest BCUT2D eigenvalue weighted by molar-refractivity contribution is 7.81. The Bertz CT molecular complexity index is 490. The number of allylic oxidation sites excluding steroid dienone is 1. The zero-order valence-electron chi connectivity index (χ0n) is 8.88. The second-order valence-electron chi connectivity index (χ2n) is 2.92. The number of hydrogen-bond donors (Lipinski definition) is 1. The topological polar surface area (TPSA) is 72.8 Å². The SMILES string of the molecule is CC=Cc1ccc(OS(=O)(=O)O)c(OC)c1. The van der Waals surface area contributed by atoms with Gasteiger partial charge in [-0.25, -0.2) is 0 Å². The normalized spacial score (nSPS) is 11.7. The van der Waals surface area contributed by atoms with Crippen LogP contribution in [0.15, 0.2) is 24.3 Å². The summed E-state index contributed by atoms with van der Waals surface area (Å²) in [6, 6.07) is 4.64. The van der Waals surface area contributed by atoms with E-state index < -0.39 is 10.4 Å². The Balaban J connectivity index is 3.11. The smallest absolute Gasteiger partial charge is 0.446 e. The van der Waals surface area contributed by atoms with Crippen molar-refractivity contribution in [2.24, 2.45) is 0 Å². The van der Waals surface area contributed by atoms with E-state index in [1.165, 1.54) is 13.2 Å². The highest BCUT2D eigenvalue weighted by atomic mass is 32.3. The predicted octanol–water partition coefficient (Wildman–Crippen LogP) is 1.91. The molecule has 0 spiro atoms. The lowest BCUT2D eigenvalue weighted by Crippen LogP contribution is -2.07. The van der Waals surface area contributed by atoms with E-state index >= 15 is 0 Å². The van der Waals surface area contributed by atoms with Gasteiger partial charge in [0, 0.05) is 0 Å². The van der Waals surface area contributed by atoms with Crippen LogP contribution in [-0.2, 0) is 10.4 Å². The standard InChI is InChI=1S/C10H12O5S/c1-3-4-8-5-6-9(10(7-8)14-2)15-16(11,12)13/h3-7H,1-2H3,(H,11,12,13). The lowest BCUT2D eigenvalue weighted by molar-refractivity contribution is 0.360. The monoisotopic (exact) mass is 244 g/mol. The summed E-state index contributed by atoms with van der Waals surface area (Å²) in [5.74, 6) is 0.173. The molecule has 16 heavy (non-hydrogen) atoms. The van der Waals surface area contributed by atoms with Crippen molar-refractivity contribution in [3.63, 3.8) is 0 Å². The average molecular weight is 244 g/mol. The van der Waals surface area contributed by atoms with Crippen LogP contribution in [-0.4, -0.2) is 20.1 Å². The highest BCUT2D eigenvalue weighted by Gasteiger charge is 2.12. The Hall–Kier alpha value is -1.53. The Labute approximate surface area is 94.3 Å². The van der Waals surface area contributed by atoms with E-state index in [2.05, 4.69) is 4.18 Å². The maximum atomic E-state index is 10.5. The Morgan fingerprint density at radius 2 is 2.00 bits per heavy atom. The fourth-order valence-electron chi connectivity index (χ4n) is 1.16. The van der Waals surface area contributed by atoms with Gasteiger partial charge in [0.25, 0.3) is 0 Å². The molecule has 1 aromatic carbocycles. The van der Waals surface area contributed by atoms with E-state index in [0.717, 1.165) is 5.56 Å². The Morgan fingerprint density at radius 3 is 2.50 bits per heavy atom. The largest absolute Gasteiger partial charge is 0.493 e. The number of ether oxygens (including phenoxy) is 1. The third-order valence-electron chi connectivity index (χ3n) is 1.74. The Kier molecular flexibility index (Phi) is 3.92. The molecule has 1 N–H and O–H groups in total. The van der Waals surface area contributed by atoms with Gasteiger partial charge < -0.3 is 8.92 Å². The third-order valence-corrected chi connectivity index (χ3v) is 2.13. The molecule has 1 aromatic rings. The molecule has 0 fully saturated rings. The first kappa shape index (κ1) is 12.5. The molecule has 88 valence electrons. The molecule has 0 unspecified atom stereocenters. The van der Waals surface area contributed by atoms with Gasteiger partial charge in [-0.05, 0) is 24.6 Å².